The minimum absolute atomic E-state index is 0.105. The second-order valence-electron chi connectivity index (χ2n) is 2.87. The highest BCUT2D eigenvalue weighted by atomic mass is 35.7. The van der Waals surface area contributed by atoms with E-state index >= 15 is 0 Å². The third-order valence-electron chi connectivity index (χ3n) is 1.68. The van der Waals surface area contributed by atoms with Crippen molar-refractivity contribution in [3.63, 3.8) is 0 Å². The van der Waals surface area contributed by atoms with Gasteiger partial charge in [0.05, 0.1) is 5.69 Å². The van der Waals surface area contributed by atoms with E-state index in [4.69, 9.17) is 22.3 Å². The zero-order chi connectivity index (χ0) is 10.9. The summed E-state index contributed by atoms with van der Waals surface area (Å²) in [6.07, 6.45) is 0.761. The van der Waals surface area contributed by atoms with E-state index in [1.54, 1.807) is 6.92 Å². The van der Waals surface area contributed by atoms with Crippen LogP contribution in [0.4, 0.5) is 0 Å². The van der Waals surface area contributed by atoms with Crippen LogP contribution in [0.25, 0.3) is 0 Å². The van der Waals surface area contributed by atoms with Gasteiger partial charge in [0.2, 0.25) is 0 Å². The lowest BCUT2D eigenvalue weighted by Crippen LogP contribution is -2.06. The summed E-state index contributed by atoms with van der Waals surface area (Å²) in [5.74, 6) is 0. The van der Waals surface area contributed by atoms with Crippen LogP contribution < -0.4 is 0 Å². The minimum Gasteiger partial charge on any atom is -0.251 e. The molecule has 0 aliphatic carbocycles. The van der Waals surface area contributed by atoms with Gasteiger partial charge in [0, 0.05) is 17.2 Å². The molecule has 1 heterocycles. The molecule has 0 amide bonds. The molecule has 1 aromatic rings. The third-order valence-corrected chi connectivity index (χ3v) is 3.56. The maximum atomic E-state index is 11.2. The zero-order valence-corrected chi connectivity index (χ0v) is 10.1. The summed E-state index contributed by atoms with van der Waals surface area (Å²) in [5.41, 5.74) is 0.472. The van der Waals surface area contributed by atoms with Crippen LogP contribution in [0.15, 0.2) is 5.03 Å². The van der Waals surface area contributed by atoms with Gasteiger partial charge in [-0.3, -0.25) is 4.68 Å². The molecule has 80 valence electrons. The minimum atomic E-state index is -3.82. The van der Waals surface area contributed by atoms with E-state index in [0.29, 0.717) is 12.2 Å². The Bertz CT molecular complexity index is 439. The Balaban J connectivity index is 3.38. The van der Waals surface area contributed by atoms with E-state index in [1.807, 2.05) is 6.92 Å². The van der Waals surface area contributed by atoms with Crippen LogP contribution in [0.3, 0.4) is 0 Å². The summed E-state index contributed by atoms with van der Waals surface area (Å²) < 4.78 is 23.7. The molecule has 0 spiro atoms. The Kier molecular flexibility index (Phi) is 3.44. The van der Waals surface area contributed by atoms with Gasteiger partial charge in [-0.05, 0) is 13.3 Å². The van der Waals surface area contributed by atoms with E-state index in [1.165, 1.54) is 4.68 Å². The van der Waals surface area contributed by atoms with Crippen molar-refractivity contribution in [1.29, 1.82) is 0 Å². The fourth-order valence-corrected chi connectivity index (χ4v) is 2.91. The molecule has 0 radical (unpaired) electrons. The number of halogens is 2. The molecule has 0 aliphatic rings. The highest BCUT2D eigenvalue weighted by molar-refractivity contribution is 8.13. The summed E-state index contributed by atoms with van der Waals surface area (Å²) in [6, 6.07) is 0. The number of hydrogen-bond acceptors (Lipinski definition) is 3. The number of rotatable bonds is 3. The molecule has 14 heavy (non-hydrogen) atoms. The average Bonchev–Trinajstić information content (AvgIpc) is 2.27. The fourth-order valence-electron chi connectivity index (χ4n) is 1.13. The number of aromatic nitrogens is 2. The summed E-state index contributed by atoms with van der Waals surface area (Å²) in [5, 5.41) is 3.98. The smallest absolute Gasteiger partial charge is 0.251 e. The van der Waals surface area contributed by atoms with Crippen LogP contribution in [-0.4, -0.2) is 18.2 Å². The molecule has 0 saturated carbocycles. The van der Waals surface area contributed by atoms with Crippen molar-refractivity contribution in [3.8, 4) is 0 Å². The molecule has 0 saturated heterocycles. The summed E-state index contributed by atoms with van der Waals surface area (Å²) >= 11 is 5.79. The molecule has 7 heteroatoms. The highest BCUT2D eigenvalue weighted by Gasteiger charge is 2.23. The first-order chi connectivity index (χ1) is 6.38. The first-order valence-electron chi connectivity index (χ1n) is 4.05. The van der Waals surface area contributed by atoms with Gasteiger partial charge in [0.25, 0.3) is 9.05 Å². The maximum absolute atomic E-state index is 11.2. The molecule has 0 unspecified atom stereocenters. The molecule has 0 N–H and O–H groups in total. The predicted molar refractivity (Wildman–Crippen MR) is 55.3 cm³/mol. The van der Waals surface area contributed by atoms with E-state index in [0.717, 1.165) is 6.42 Å². The van der Waals surface area contributed by atoms with E-state index in [-0.39, 0.29) is 10.0 Å². The van der Waals surface area contributed by atoms with Gasteiger partial charge >= 0.3 is 0 Å². The van der Waals surface area contributed by atoms with Crippen molar-refractivity contribution in [1.82, 2.24) is 9.78 Å². The zero-order valence-electron chi connectivity index (χ0n) is 7.79. The van der Waals surface area contributed by atoms with Crippen LogP contribution in [0.5, 0.6) is 0 Å². The van der Waals surface area contributed by atoms with Crippen LogP contribution in [0.2, 0.25) is 5.02 Å². The van der Waals surface area contributed by atoms with Gasteiger partial charge in [-0.15, -0.1) is 0 Å². The highest BCUT2D eigenvalue weighted by Crippen LogP contribution is 2.27. The molecule has 0 bridgehead atoms. The van der Waals surface area contributed by atoms with Crippen molar-refractivity contribution in [2.45, 2.75) is 31.8 Å². The van der Waals surface area contributed by atoms with Crippen molar-refractivity contribution in [2.24, 2.45) is 0 Å². The Labute approximate surface area is 92.2 Å². The Morgan fingerprint density at radius 3 is 2.50 bits per heavy atom. The van der Waals surface area contributed by atoms with E-state index < -0.39 is 9.05 Å². The summed E-state index contributed by atoms with van der Waals surface area (Å²) in [7, 11) is 1.42. The first kappa shape index (κ1) is 11.8. The molecule has 1 aromatic heterocycles. The monoisotopic (exact) mass is 256 g/mol. The lowest BCUT2D eigenvalue weighted by molar-refractivity contribution is 0.535. The second kappa shape index (κ2) is 4.08. The lowest BCUT2D eigenvalue weighted by Gasteiger charge is -2.01. The molecule has 0 aliphatic heterocycles. The van der Waals surface area contributed by atoms with E-state index in [2.05, 4.69) is 5.10 Å². The van der Waals surface area contributed by atoms with Gasteiger partial charge in [-0.25, -0.2) is 8.42 Å². The van der Waals surface area contributed by atoms with Crippen LogP contribution in [0, 0.1) is 6.92 Å². The largest absolute Gasteiger partial charge is 0.279 e. The quantitative estimate of drug-likeness (QED) is 0.780. The molecular formula is C7H10Cl2N2O2S. The SMILES string of the molecule is CCCn1nc(C)c(Cl)c1S(=O)(=O)Cl. The predicted octanol–water partition coefficient (Wildman–Crippen LogP) is 2.18. The molecule has 0 fully saturated rings. The van der Waals surface area contributed by atoms with Gasteiger partial charge < -0.3 is 0 Å². The first-order valence-corrected chi connectivity index (χ1v) is 6.74. The van der Waals surface area contributed by atoms with Crippen molar-refractivity contribution >= 4 is 31.3 Å². The van der Waals surface area contributed by atoms with E-state index in [9.17, 15) is 8.42 Å². The van der Waals surface area contributed by atoms with Crippen LogP contribution in [0.1, 0.15) is 19.0 Å². The van der Waals surface area contributed by atoms with Gasteiger partial charge in [0.1, 0.15) is 5.02 Å². The van der Waals surface area contributed by atoms with Crippen molar-refractivity contribution < 1.29 is 8.42 Å². The number of hydrogen-bond donors (Lipinski definition) is 0. The second-order valence-corrected chi connectivity index (χ2v) is 5.72. The van der Waals surface area contributed by atoms with Gasteiger partial charge in [-0.1, -0.05) is 18.5 Å². The van der Waals surface area contributed by atoms with Crippen LogP contribution >= 0.6 is 22.3 Å². The molecule has 0 atom stereocenters. The Morgan fingerprint density at radius 2 is 2.07 bits per heavy atom. The summed E-state index contributed by atoms with van der Waals surface area (Å²) in [4.78, 5) is 0. The molecule has 0 aromatic carbocycles. The topological polar surface area (TPSA) is 52.0 Å². The maximum Gasteiger partial charge on any atom is 0.279 e. The standard InChI is InChI=1S/C7H10Cl2N2O2S/c1-3-4-11-7(14(9,12)13)6(8)5(2)10-11/h3-4H2,1-2H3. The Hall–Kier alpha value is -0.260. The lowest BCUT2D eigenvalue weighted by atomic mass is 10.5. The summed E-state index contributed by atoms with van der Waals surface area (Å²) in [6.45, 7) is 4.03. The third kappa shape index (κ3) is 2.21. The van der Waals surface area contributed by atoms with Gasteiger partial charge in [0.15, 0.2) is 5.03 Å². The van der Waals surface area contributed by atoms with Crippen molar-refractivity contribution in [2.75, 3.05) is 0 Å². The molecular weight excluding hydrogens is 247 g/mol. The number of aryl methyl sites for hydroxylation is 2. The molecule has 1 rings (SSSR count). The molecule has 4 nitrogen and oxygen atoms in total. The fraction of sp³-hybridized carbons (Fsp3) is 0.571. The van der Waals surface area contributed by atoms with Crippen LogP contribution in [-0.2, 0) is 15.6 Å². The van der Waals surface area contributed by atoms with Crippen molar-refractivity contribution in [3.05, 3.63) is 10.7 Å². The number of nitrogens with zero attached hydrogens (tertiary/aromatic N) is 2. The van der Waals surface area contributed by atoms with Gasteiger partial charge in [-0.2, -0.15) is 5.10 Å². The Morgan fingerprint density at radius 1 is 1.50 bits per heavy atom. The normalized spacial score (nSPS) is 12.0. The average molecular weight is 257 g/mol.